The van der Waals surface area contributed by atoms with Gasteiger partial charge in [0, 0.05) is 31.7 Å². The van der Waals surface area contributed by atoms with Crippen LogP contribution < -0.4 is 5.32 Å². The predicted octanol–water partition coefficient (Wildman–Crippen LogP) is 3.31. The van der Waals surface area contributed by atoms with Gasteiger partial charge < -0.3 is 5.32 Å². The molecular weight excluding hydrogens is 289 g/mol. The summed E-state index contributed by atoms with van der Waals surface area (Å²) in [5, 5.41) is 3.39. The van der Waals surface area contributed by atoms with E-state index in [1.165, 1.54) is 0 Å². The lowest BCUT2D eigenvalue weighted by atomic mass is 10.1. The van der Waals surface area contributed by atoms with Gasteiger partial charge in [0.1, 0.15) is 0 Å². The Morgan fingerprint density at radius 2 is 1.80 bits per heavy atom. The normalized spacial score (nSPS) is 24.2. The average molecular weight is 309 g/mol. The first-order chi connectivity index (χ1) is 8.86. The van der Waals surface area contributed by atoms with Crippen LogP contribution >= 0.6 is 12.4 Å². The molecular formula is C14H20ClF3N2. The molecule has 20 heavy (non-hydrogen) atoms. The van der Waals surface area contributed by atoms with Crippen LogP contribution in [-0.2, 0) is 12.7 Å². The summed E-state index contributed by atoms with van der Waals surface area (Å²) >= 11 is 0. The van der Waals surface area contributed by atoms with Gasteiger partial charge in [-0.05, 0) is 31.5 Å². The lowest BCUT2D eigenvalue weighted by Crippen LogP contribution is -2.53. The van der Waals surface area contributed by atoms with Gasteiger partial charge in [0.05, 0.1) is 5.56 Å². The fourth-order valence-corrected chi connectivity index (χ4v) is 2.35. The van der Waals surface area contributed by atoms with Crippen LogP contribution in [0.25, 0.3) is 0 Å². The molecule has 1 aromatic carbocycles. The molecule has 0 bridgehead atoms. The van der Waals surface area contributed by atoms with Crippen LogP contribution in [0.1, 0.15) is 25.0 Å². The van der Waals surface area contributed by atoms with Crippen LogP contribution in [-0.4, -0.2) is 30.1 Å². The maximum atomic E-state index is 12.5. The summed E-state index contributed by atoms with van der Waals surface area (Å²) in [6, 6.07) is 6.28. The first-order valence-electron chi connectivity index (χ1n) is 6.50. The molecule has 0 amide bonds. The molecule has 1 aromatic rings. The third-order valence-corrected chi connectivity index (χ3v) is 3.56. The highest BCUT2D eigenvalue weighted by Crippen LogP contribution is 2.29. The van der Waals surface area contributed by atoms with Crippen LogP contribution in [0.15, 0.2) is 24.3 Å². The Kier molecular flexibility index (Phi) is 5.86. The van der Waals surface area contributed by atoms with E-state index in [0.29, 0.717) is 18.6 Å². The molecule has 1 N–H and O–H groups in total. The Hall–Kier alpha value is -0.780. The van der Waals surface area contributed by atoms with Gasteiger partial charge in [0.15, 0.2) is 0 Å². The minimum absolute atomic E-state index is 0. The Morgan fingerprint density at radius 1 is 1.20 bits per heavy atom. The number of nitrogens with zero attached hydrogens (tertiary/aromatic N) is 1. The molecule has 1 fully saturated rings. The summed E-state index contributed by atoms with van der Waals surface area (Å²) in [5.74, 6) is 0. The minimum Gasteiger partial charge on any atom is -0.311 e. The maximum Gasteiger partial charge on any atom is 0.416 e. The van der Waals surface area contributed by atoms with Crippen molar-refractivity contribution in [3.63, 3.8) is 0 Å². The average Bonchev–Trinajstić information content (AvgIpc) is 2.33. The highest BCUT2D eigenvalue weighted by Gasteiger charge is 2.30. The SMILES string of the molecule is CC1CN(Cc2ccc(C(F)(F)F)cc2)C(C)CN1.Cl. The van der Waals surface area contributed by atoms with Crippen molar-refractivity contribution in [1.82, 2.24) is 10.2 Å². The van der Waals surface area contributed by atoms with Gasteiger partial charge in [-0.15, -0.1) is 12.4 Å². The van der Waals surface area contributed by atoms with E-state index in [-0.39, 0.29) is 12.4 Å². The molecule has 0 aromatic heterocycles. The number of rotatable bonds is 2. The Labute approximate surface area is 123 Å². The van der Waals surface area contributed by atoms with Crippen LogP contribution in [0.4, 0.5) is 13.2 Å². The summed E-state index contributed by atoms with van der Waals surface area (Å²) in [5.41, 5.74) is 0.340. The molecule has 0 saturated carbocycles. The fourth-order valence-electron chi connectivity index (χ4n) is 2.35. The minimum atomic E-state index is -4.25. The number of piperazine rings is 1. The molecule has 2 nitrogen and oxygen atoms in total. The zero-order chi connectivity index (χ0) is 14.0. The molecule has 1 aliphatic heterocycles. The van der Waals surface area contributed by atoms with Gasteiger partial charge in [-0.1, -0.05) is 12.1 Å². The summed E-state index contributed by atoms with van der Waals surface area (Å²) in [4.78, 5) is 2.30. The van der Waals surface area contributed by atoms with Crippen LogP contribution in [0, 0.1) is 0 Å². The Balaban J connectivity index is 0.00000200. The van der Waals surface area contributed by atoms with Crippen molar-refractivity contribution in [3.05, 3.63) is 35.4 Å². The summed E-state index contributed by atoms with van der Waals surface area (Å²) in [6.07, 6.45) is -4.25. The van der Waals surface area contributed by atoms with Gasteiger partial charge in [-0.25, -0.2) is 0 Å². The monoisotopic (exact) mass is 308 g/mol. The second-order valence-corrected chi connectivity index (χ2v) is 5.28. The van der Waals surface area contributed by atoms with E-state index in [1.807, 2.05) is 0 Å². The smallest absolute Gasteiger partial charge is 0.311 e. The molecule has 114 valence electrons. The number of benzene rings is 1. The molecule has 2 atom stereocenters. The largest absolute Gasteiger partial charge is 0.416 e. The molecule has 2 rings (SSSR count). The molecule has 1 heterocycles. The maximum absolute atomic E-state index is 12.5. The second kappa shape index (κ2) is 6.78. The van der Waals surface area contributed by atoms with E-state index >= 15 is 0 Å². The molecule has 0 aliphatic carbocycles. The van der Waals surface area contributed by atoms with Gasteiger partial charge in [-0.3, -0.25) is 4.90 Å². The van der Waals surface area contributed by atoms with E-state index in [1.54, 1.807) is 12.1 Å². The van der Waals surface area contributed by atoms with Crippen molar-refractivity contribution in [1.29, 1.82) is 0 Å². The lowest BCUT2D eigenvalue weighted by molar-refractivity contribution is -0.137. The summed E-state index contributed by atoms with van der Waals surface area (Å²) < 4.78 is 37.4. The van der Waals surface area contributed by atoms with E-state index in [2.05, 4.69) is 24.1 Å². The second-order valence-electron chi connectivity index (χ2n) is 5.28. The number of hydrogen-bond donors (Lipinski definition) is 1. The van der Waals surface area contributed by atoms with E-state index < -0.39 is 11.7 Å². The zero-order valence-corrected chi connectivity index (χ0v) is 12.4. The molecule has 0 spiro atoms. The molecule has 1 aliphatic rings. The first-order valence-corrected chi connectivity index (χ1v) is 6.50. The van der Waals surface area contributed by atoms with Gasteiger partial charge >= 0.3 is 6.18 Å². The fraction of sp³-hybridized carbons (Fsp3) is 0.571. The van der Waals surface area contributed by atoms with Crippen molar-refractivity contribution >= 4 is 12.4 Å². The van der Waals surface area contributed by atoms with Crippen LogP contribution in [0.2, 0.25) is 0 Å². The highest BCUT2D eigenvalue weighted by molar-refractivity contribution is 5.85. The molecule has 0 radical (unpaired) electrons. The van der Waals surface area contributed by atoms with Gasteiger partial charge in [0.25, 0.3) is 0 Å². The van der Waals surface area contributed by atoms with E-state index in [9.17, 15) is 13.2 Å². The van der Waals surface area contributed by atoms with Crippen LogP contribution in [0.3, 0.4) is 0 Å². The quantitative estimate of drug-likeness (QED) is 0.902. The predicted molar refractivity (Wildman–Crippen MR) is 76.0 cm³/mol. The van der Waals surface area contributed by atoms with Crippen molar-refractivity contribution in [2.75, 3.05) is 13.1 Å². The van der Waals surface area contributed by atoms with Crippen molar-refractivity contribution < 1.29 is 13.2 Å². The van der Waals surface area contributed by atoms with Crippen molar-refractivity contribution in [2.24, 2.45) is 0 Å². The van der Waals surface area contributed by atoms with Gasteiger partial charge in [0.2, 0.25) is 0 Å². The third-order valence-electron chi connectivity index (χ3n) is 3.56. The topological polar surface area (TPSA) is 15.3 Å². The molecule has 6 heteroatoms. The number of alkyl halides is 3. The van der Waals surface area contributed by atoms with Crippen molar-refractivity contribution in [2.45, 2.75) is 38.7 Å². The van der Waals surface area contributed by atoms with Crippen LogP contribution in [0.5, 0.6) is 0 Å². The van der Waals surface area contributed by atoms with E-state index in [0.717, 1.165) is 30.8 Å². The summed E-state index contributed by atoms with van der Waals surface area (Å²) in [7, 11) is 0. The molecule has 2 unspecified atom stereocenters. The third kappa shape index (κ3) is 4.36. The van der Waals surface area contributed by atoms with E-state index in [4.69, 9.17) is 0 Å². The summed E-state index contributed by atoms with van der Waals surface area (Å²) in [6.45, 7) is 6.78. The number of hydrogen-bond acceptors (Lipinski definition) is 2. The Morgan fingerprint density at radius 3 is 2.35 bits per heavy atom. The lowest BCUT2D eigenvalue weighted by Gasteiger charge is -2.37. The Bertz CT molecular complexity index is 419. The number of halogens is 4. The standard InChI is InChI=1S/C14H19F3N2.ClH/c1-10-8-19(11(2)7-18-10)9-12-3-5-13(6-4-12)14(15,16)17;/h3-6,10-11,18H,7-9H2,1-2H3;1H. The molecule has 1 saturated heterocycles. The highest BCUT2D eigenvalue weighted by atomic mass is 35.5. The van der Waals surface area contributed by atoms with Crippen molar-refractivity contribution in [3.8, 4) is 0 Å². The van der Waals surface area contributed by atoms with Gasteiger partial charge in [-0.2, -0.15) is 13.2 Å². The first kappa shape index (κ1) is 17.3. The number of nitrogens with one attached hydrogen (secondary N) is 1. The zero-order valence-electron chi connectivity index (χ0n) is 11.6.